The molecule has 2 aliphatic rings. The number of carboxylic acids is 1. The zero-order valence-electron chi connectivity index (χ0n) is 12.5. The molecule has 7 heteroatoms. The highest BCUT2D eigenvalue weighted by atomic mass is 16.5. The second kappa shape index (κ2) is 7.61. The number of amides is 2. The van der Waals surface area contributed by atoms with Gasteiger partial charge in [-0.1, -0.05) is 0 Å². The standard InChI is InChI=1S/C14H24N2O5/c1-2-21-12-4-3-5-15(9-12)14(19)16-6-7-20-10-11(16)8-13(17)18/h11-12H,2-10H2,1H3,(H,17,18). The fraction of sp³-hybridized carbons (Fsp3) is 0.857. The first-order valence-corrected chi connectivity index (χ1v) is 7.58. The molecule has 0 aromatic heterocycles. The van der Waals surface area contributed by atoms with Crippen molar-refractivity contribution in [2.45, 2.75) is 38.3 Å². The Morgan fingerprint density at radius 2 is 2.19 bits per heavy atom. The normalized spacial score (nSPS) is 26.7. The lowest BCUT2D eigenvalue weighted by atomic mass is 10.1. The van der Waals surface area contributed by atoms with E-state index in [1.54, 1.807) is 9.80 Å². The van der Waals surface area contributed by atoms with Gasteiger partial charge in [-0.2, -0.15) is 0 Å². The molecule has 0 aromatic carbocycles. The van der Waals surface area contributed by atoms with Gasteiger partial charge in [0.2, 0.25) is 0 Å². The van der Waals surface area contributed by atoms with Gasteiger partial charge in [0.25, 0.3) is 0 Å². The number of carbonyl (C=O) groups excluding carboxylic acids is 1. The number of rotatable bonds is 4. The van der Waals surface area contributed by atoms with Gasteiger partial charge in [0.1, 0.15) is 0 Å². The predicted octanol–water partition coefficient (Wildman–Crippen LogP) is 0.783. The Labute approximate surface area is 124 Å². The molecule has 2 fully saturated rings. The Morgan fingerprint density at radius 3 is 2.90 bits per heavy atom. The van der Waals surface area contributed by atoms with Crippen molar-refractivity contribution in [3.8, 4) is 0 Å². The van der Waals surface area contributed by atoms with Crippen LogP contribution in [0.3, 0.4) is 0 Å². The number of hydrogen-bond donors (Lipinski definition) is 1. The highest BCUT2D eigenvalue weighted by Gasteiger charge is 2.34. The number of likely N-dealkylation sites (tertiary alicyclic amines) is 1. The van der Waals surface area contributed by atoms with Gasteiger partial charge in [-0.25, -0.2) is 4.79 Å². The van der Waals surface area contributed by atoms with Crippen LogP contribution in [0, 0.1) is 0 Å². The predicted molar refractivity (Wildman–Crippen MR) is 75.2 cm³/mol. The van der Waals surface area contributed by atoms with E-state index in [4.69, 9.17) is 14.6 Å². The summed E-state index contributed by atoms with van der Waals surface area (Å²) in [6.07, 6.45) is 1.91. The molecule has 2 saturated heterocycles. The maximum Gasteiger partial charge on any atom is 0.320 e. The summed E-state index contributed by atoms with van der Waals surface area (Å²) < 4.78 is 10.9. The van der Waals surface area contributed by atoms with Crippen molar-refractivity contribution in [3.63, 3.8) is 0 Å². The number of hydrogen-bond acceptors (Lipinski definition) is 4. The lowest BCUT2D eigenvalue weighted by Gasteiger charge is -2.40. The van der Waals surface area contributed by atoms with Crippen molar-refractivity contribution in [2.24, 2.45) is 0 Å². The zero-order valence-corrected chi connectivity index (χ0v) is 12.5. The molecule has 0 aliphatic carbocycles. The summed E-state index contributed by atoms with van der Waals surface area (Å²) in [5.41, 5.74) is 0. The fourth-order valence-electron chi connectivity index (χ4n) is 2.94. The summed E-state index contributed by atoms with van der Waals surface area (Å²) in [6, 6.07) is -0.467. The molecule has 2 rings (SSSR count). The van der Waals surface area contributed by atoms with Crippen LogP contribution in [0.25, 0.3) is 0 Å². The van der Waals surface area contributed by atoms with E-state index >= 15 is 0 Å². The smallest absolute Gasteiger partial charge is 0.320 e. The van der Waals surface area contributed by atoms with E-state index in [1.165, 1.54) is 0 Å². The number of carbonyl (C=O) groups is 2. The van der Waals surface area contributed by atoms with Crippen molar-refractivity contribution in [1.82, 2.24) is 9.80 Å². The van der Waals surface area contributed by atoms with E-state index in [1.807, 2.05) is 6.92 Å². The quantitative estimate of drug-likeness (QED) is 0.830. The minimum Gasteiger partial charge on any atom is -0.481 e. The second-order valence-corrected chi connectivity index (χ2v) is 5.47. The molecule has 2 unspecified atom stereocenters. The van der Waals surface area contributed by atoms with Crippen LogP contribution in [0.2, 0.25) is 0 Å². The van der Waals surface area contributed by atoms with Crippen LogP contribution in [0.15, 0.2) is 0 Å². The van der Waals surface area contributed by atoms with E-state index in [-0.39, 0.29) is 24.6 Å². The van der Waals surface area contributed by atoms with Gasteiger partial charge < -0.3 is 24.4 Å². The van der Waals surface area contributed by atoms with E-state index < -0.39 is 5.97 Å². The van der Waals surface area contributed by atoms with Crippen LogP contribution in [-0.4, -0.2) is 78.5 Å². The van der Waals surface area contributed by atoms with Gasteiger partial charge in [0.15, 0.2) is 0 Å². The van der Waals surface area contributed by atoms with Crippen LogP contribution in [0.5, 0.6) is 0 Å². The highest BCUT2D eigenvalue weighted by molar-refractivity contribution is 5.76. The van der Waals surface area contributed by atoms with Crippen molar-refractivity contribution in [2.75, 3.05) is 39.5 Å². The summed E-state index contributed by atoms with van der Waals surface area (Å²) in [5.74, 6) is -0.908. The number of nitrogens with zero attached hydrogens (tertiary/aromatic N) is 2. The summed E-state index contributed by atoms with van der Waals surface area (Å²) in [4.78, 5) is 27.0. The molecule has 1 N–H and O–H groups in total. The molecule has 21 heavy (non-hydrogen) atoms. The van der Waals surface area contributed by atoms with Crippen molar-refractivity contribution < 1.29 is 24.2 Å². The third kappa shape index (κ3) is 4.31. The molecular formula is C14H24N2O5. The van der Waals surface area contributed by atoms with E-state index in [0.717, 1.165) is 12.8 Å². The van der Waals surface area contributed by atoms with Gasteiger partial charge in [0, 0.05) is 26.2 Å². The first kappa shape index (κ1) is 16.0. The molecule has 0 bridgehead atoms. The summed E-state index contributed by atoms with van der Waals surface area (Å²) in [6.45, 7) is 5.10. The van der Waals surface area contributed by atoms with E-state index in [9.17, 15) is 9.59 Å². The number of carboxylic acid groups (broad SMARTS) is 1. The van der Waals surface area contributed by atoms with Gasteiger partial charge >= 0.3 is 12.0 Å². The zero-order chi connectivity index (χ0) is 15.2. The van der Waals surface area contributed by atoms with Gasteiger partial charge in [-0.05, 0) is 19.8 Å². The number of piperidine rings is 1. The number of aliphatic carboxylic acids is 1. The third-order valence-electron chi connectivity index (χ3n) is 3.93. The molecule has 120 valence electrons. The largest absolute Gasteiger partial charge is 0.481 e. The Hall–Kier alpha value is -1.34. The topological polar surface area (TPSA) is 79.3 Å². The Morgan fingerprint density at radius 1 is 1.38 bits per heavy atom. The van der Waals surface area contributed by atoms with Crippen LogP contribution >= 0.6 is 0 Å². The molecule has 7 nitrogen and oxygen atoms in total. The lowest BCUT2D eigenvalue weighted by molar-refractivity contribution is -0.139. The van der Waals surface area contributed by atoms with E-state index in [2.05, 4.69) is 0 Å². The summed E-state index contributed by atoms with van der Waals surface area (Å²) >= 11 is 0. The van der Waals surface area contributed by atoms with Crippen LogP contribution in [-0.2, 0) is 14.3 Å². The highest BCUT2D eigenvalue weighted by Crippen LogP contribution is 2.18. The monoisotopic (exact) mass is 300 g/mol. The maximum atomic E-state index is 12.6. The molecule has 0 saturated carbocycles. The number of urea groups is 1. The number of ether oxygens (including phenoxy) is 2. The van der Waals surface area contributed by atoms with Gasteiger partial charge in [-0.15, -0.1) is 0 Å². The minimum absolute atomic E-state index is 0.0749. The molecule has 2 heterocycles. The molecule has 2 atom stereocenters. The Kier molecular flexibility index (Phi) is 5.81. The SMILES string of the molecule is CCOC1CCCN(C(=O)N2CCOCC2CC(=O)O)C1. The molecule has 2 aliphatic heterocycles. The van der Waals surface area contributed by atoms with Crippen LogP contribution in [0.4, 0.5) is 4.79 Å². The first-order chi connectivity index (χ1) is 10.1. The maximum absolute atomic E-state index is 12.6. The van der Waals surface area contributed by atoms with E-state index in [0.29, 0.717) is 39.5 Å². The molecule has 2 amide bonds. The first-order valence-electron chi connectivity index (χ1n) is 7.58. The molecule has 0 aromatic rings. The Balaban J connectivity index is 1.97. The minimum atomic E-state index is -0.908. The van der Waals surface area contributed by atoms with Gasteiger partial charge in [-0.3, -0.25) is 4.79 Å². The van der Waals surface area contributed by atoms with Crippen molar-refractivity contribution in [3.05, 3.63) is 0 Å². The summed E-state index contributed by atoms with van der Waals surface area (Å²) in [5, 5.41) is 8.96. The van der Waals surface area contributed by atoms with Crippen LogP contribution < -0.4 is 0 Å². The summed E-state index contributed by atoms with van der Waals surface area (Å²) in [7, 11) is 0. The second-order valence-electron chi connectivity index (χ2n) is 5.47. The number of morpholine rings is 1. The van der Waals surface area contributed by atoms with Gasteiger partial charge in [0.05, 0.1) is 31.8 Å². The fourth-order valence-corrected chi connectivity index (χ4v) is 2.94. The van der Waals surface area contributed by atoms with Crippen molar-refractivity contribution >= 4 is 12.0 Å². The Bertz CT molecular complexity index is 374. The van der Waals surface area contributed by atoms with Crippen LogP contribution in [0.1, 0.15) is 26.2 Å². The molecule has 0 radical (unpaired) electrons. The van der Waals surface area contributed by atoms with Crippen molar-refractivity contribution in [1.29, 1.82) is 0 Å². The molecular weight excluding hydrogens is 276 g/mol. The average molecular weight is 300 g/mol. The third-order valence-corrected chi connectivity index (χ3v) is 3.93. The average Bonchev–Trinajstić information content (AvgIpc) is 2.47. The molecule has 0 spiro atoms. The lowest BCUT2D eigenvalue weighted by Crippen LogP contribution is -2.56.